The number of nitrogens with one attached hydrogen (secondary N) is 1. The number of rotatable bonds is 10. The SMILES string of the molecule is CC[C@H](C(=O)NC(C)(C)C)N(CCc1ccccc1)C(=O)CN(c1c(C)cccc1C)S(C)(=O)=O. The van der Waals surface area contributed by atoms with Crippen molar-refractivity contribution in [3.63, 3.8) is 0 Å². The number of para-hydroxylation sites is 1. The van der Waals surface area contributed by atoms with Crippen molar-refractivity contribution >= 4 is 27.5 Å². The molecule has 0 saturated carbocycles. The van der Waals surface area contributed by atoms with Crippen LogP contribution in [0, 0.1) is 13.8 Å². The Hall–Kier alpha value is -2.87. The number of carbonyl (C=O) groups excluding carboxylic acids is 2. The van der Waals surface area contributed by atoms with E-state index >= 15 is 0 Å². The number of sulfonamides is 1. The first-order valence-corrected chi connectivity index (χ1v) is 13.8. The van der Waals surface area contributed by atoms with Crippen molar-refractivity contribution in [1.82, 2.24) is 10.2 Å². The summed E-state index contributed by atoms with van der Waals surface area (Å²) in [6.07, 6.45) is 2.06. The molecule has 0 aromatic heterocycles. The van der Waals surface area contributed by atoms with Gasteiger partial charge in [0.15, 0.2) is 0 Å². The topological polar surface area (TPSA) is 86.8 Å². The fourth-order valence-electron chi connectivity index (χ4n) is 4.12. The summed E-state index contributed by atoms with van der Waals surface area (Å²) >= 11 is 0. The maximum absolute atomic E-state index is 13.7. The first kappa shape index (κ1) is 28.4. The van der Waals surface area contributed by atoms with Crippen molar-refractivity contribution in [3.05, 3.63) is 65.2 Å². The second kappa shape index (κ2) is 11.7. The van der Waals surface area contributed by atoms with Crippen LogP contribution in [0.3, 0.4) is 0 Å². The average Bonchev–Trinajstić information content (AvgIpc) is 2.74. The molecule has 0 bridgehead atoms. The summed E-state index contributed by atoms with van der Waals surface area (Å²) in [5, 5.41) is 2.97. The van der Waals surface area contributed by atoms with Crippen LogP contribution in [0.1, 0.15) is 50.8 Å². The predicted octanol–water partition coefficient (Wildman–Crippen LogP) is 3.83. The minimum absolute atomic E-state index is 0.251. The van der Waals surface area contributed by atoms with E-state index in [1.807, 2.05) is 90.1 Å². The van der Waals surface area contributed by atoms with Crippen molar-refractivity contribution in [2.24, 2.45) is 0 Å². The van der Waals surface area contributed by atoms with Gasteiger partial charge in [-0.2, -0.15) is 0 Å². The van der Waals surface area contributed by atoms with E-state index in [0.717, 1.165) is 27.3 Å². The smallest absolute Gasteiger partial charge is 0.244 e. The van der Waals surface area contributed by atoms with E-state index in [1.54, 1.807) is 0 Å². The Kier molecular flexibility index (Phi) is 9.49. The summed E-state index contributed by atoms with van der Waals surface area (Å²) in [7, 11) is -3.75. The van der Waals surface area contributed by atoms with E-state index in [0.29, 0.717) is 25.1 Å². The maximum Gasteiger partial charge on any atom is 0.244 e. The summed E-state index contributed by atoms with van der Waals surface area (Å²) in [5.74, 6) is -0.663. The van der Waals surface area contributed by atoms with E-state index in [4.69, 9.17) is 0 Å². The molecule has 0 aliphatic heterocycles. The van der Waals surface area contributed by atoms with E-state index in [9.17, 15) is 18.0 Å². The van der Waals surface area contributed by atoms with Crippen LogP contribution in [-0.2, 0) is 26.0 Å². The fourth-order valence-corrected chi connectivity index (χ4v) is 5.09. The lowest BCUT2D eigenvalue weighted by molar-refractivity contribution is -0.140. The Bertz CT molecular complexity index is 1100. The molecule has 0 heterocycles. The molecule has 7 nitrogen and oxygen atoms in total. The molecule has 1 N–H and O–H groups in total. The quantitative estimate of drug-likeness (QED) is 0.536. The minimum atomic E-state index is -3.75. The van der Waals surface area contributed by atoms with Gasteiger partial charge in [-0.15, -0.1) is 0 Å². The molecule has 0 aliphatic carbocycles. The van der Waals surface area contributed by atoms with E-state index < -0.39 is 27.5 Å². The molecule has 35 heavy (non-hydrogen) atoms. The van der Waals surface area contributed by atoms with Crippen LogP contribution in [0.2, 0.25) is 0 Å². The standard InChI is InChI=1S/C27H39N3O4S/c1-8-23(26(32)28-27(4,5)6)29(18-17-22-15-10-9-11-16-22)24(31)19-30(35(7,33)34)25-20(2)13-12-14-21(25)3/h9-16,23H,8,17-19H2,1-7H3,(H,28,32)/t23-/m1/s1. The summed E-state index contributed by atoms with van der Waals surface area (Å²) in [5.41, 5.74) is 2.59. The Morgan fingerprint density at radius 2 is 1.54 bits per heavy atom. The third-order valence-corrected chi connectivity index (χ3v) is 6.85. The molecule has 2 aromatic rings. The van der Waals surface area contributed by atoms with Crippen LogP contribution < -0.4 is 9.62 Å². The molecule has 0 fully saturated rings. The molecule has 0 spiro atoms. The van der Waals surface area contributed by atoms with Gasteiger partial charge in [0.2, 0.25) is 21.8 Å². The molecule has 0 radical (unpaired) electrons. The van der Waals surface area contributed by atoms with Gasteiger partial charge in [-0.25, -0.2) is 8.42 Å². The monoisotopic (exact) mass is 501 g/mol. The van der Waals surface area contributed by atoms with Crippen molar-refractivity contribution in [2.45, 2.75) is 66.0 Å². The zero-order valence-electron chi connectivity index (χ0n) is 22.0. The highest BCUT2D eigenvalue weighted by atomic mass is 32.2. The minimum Gasteiger partial charge on any atom is -0.350 e. The number of aryl methyl sites for hydroxylation is 2. The van der Waals surface area contributed by atoms with Gasteiger partial charge in [0.1, 0.15) is 12.6 Å². The molecule has 0 unspecified atom stereocenters. The molecule has 2 amide bonds. The normalized spacial score (nSPS) is 12.7. The number of benzene rings is 2. The molecule has 2 rings (SSSR count). The van der Waals surface area contributed by atoms with Crippen molar-refractivity contribution in [1.29, 1.82) is 0 Å². The number of nitrogens with zero attached hydrogens (tertiary/aromatic N) is 2. The fraction of sp³-hybridized carbons (Fsp3) is 0.481. The highest BCUT2D eigenvalue weighted by Gasteiger charge is 2.33. The molecule has 0 aliphatic rings. The van der Waals surface area contributed by atoms with Crippen molar-refractivity contribution in [3.8, 4) is 0 Å². The maximum atomic E-state index is 13.7. The number of hydrogen-bond acceptors (Lipinski definition) is 4. The number of anilines is 1. The molecule has 2 aromatic carbocycles. The molecule has 8 heteroatoms. The lowest BCUT2D eigenvalue weighted by Crippen LogP contribution is -2.56. The summed E-state index contributed by atoms with van der Waals surface area (Å²) < 4.78 is 26.8. The Labute approximate surface area is 210 Å². The third-order valence-electron chi connectivity index (χ3n) is 5.74. The Morgan fingerprint density at radius 3 is 2.03 bits per heavy atom. The third kappa shape index (κ3) is 8.09. The van der Waals surface area contributed by atoms with Crippen LogP contribution in [0.4, 0.5) is 5.69 Å². The van der Waals surface area contributed by atoms with Crippen molar-refractivity contribution < 1.29 is 18.0 Å². The highest BCUT2D eigenvalue weighted by Crippen LogP contribution is 2.27. The zero-order valence-corrected chi connectivity index (χ0v) is 22.8. The summed E-state index contributed by atoms with van der Waals surface area (Å²) in [4.78, 5) is 28.4. The second-order valence-electron chi connectivity index (χ2n) is 10.00. The number of amides is 2. The molecular formula is C27H39N3O4S. The first-order valence-electron chi connectivity index (χ1n) is 11.9. The van der Waals surface area contributed by atoms with E-state index in [2.05, 4.69) is 5.32 Å². The summed E-state index contributed by atoms with van der Waals surface area (Å²) in [6, 6.07) is 14.5. The lowest BCUT2D eigenvalue weighted by atomic mass is 10.1. The zero-order chi connectivity index (χ0) is 26.4. The largest absolute Gasteiger partial charge is 0.350 e. The molecule has 192 valence electrons. The van der Waals surface area contributed by atoms with Gasteiger partial charge < -0.3 is 10.2 Å². The van der Waals surface area contributed by atoms with Gasteiger partial charge >= 0.3 is 0 Å². The van der Waals surface area contributed by atoms with Crippen LogP contribution in [0.15, 0.2) is 48.5 Å². The van der Waals surface area contributed by atoms with Gasteiger partial charge in [-0.05, 0) is 64.2 Å². The second-order valence-corrected chi connectivity index (χ2v) is 11.9. The number of hydrogen-bond donors (Lipinski definition) is 1. The summed E-state index contributed by atoms with van der Waals surface area (Å²) in [6.45, 7) is 11.1. The van der Waals surface area contributed by atoms with Crippen LogP contribution in [0.5, 0.6) is 0 Å². The van der Waals surface area contributed by atoms with Gasteiger partial charge in [0.05, 0.1) is 11.9 Å². The average molecular weight is 502 g/mol. The Morgan fingerprint density at radius 1 is 0.971 bits per heavy atom. The predicted molar refractivity (Wildman–Crippen MR) is 142 cm³/mol. The van der Waals surface area contributed by atoms with Gasteiger partial charge in [0.25, 0.3) is 0 Å². The highest BCUT2D eigenvalue weighted by molar-refractivity contribution is 7.92. The van der Waals surface area contributed by atoms with Gasteiger partial charge in [0, 0.05) is 12.1 Å². The van der Waals surface area contributed by atoms with Gasteiger partial charge in [-0.3, -0.25) is 13.9 Å². The molecular weight excluding hydrogens is 462 g/mol. The number of carbonyl (C=O) groups is 2. The molecule has 0 saturated heterocycles. The lowest BCUT2D eigenvalue weighted by Gasteiger charge is -2.35. The Balaban J connectivity index is 2.44. The van der Waals surface area contributed by atoms with E-state index in [1.165, 1.54) is 4.90 Å². The van der Waals surface area contributed by atoms with Crippen LogP contribution >= 0.6 is 0 Å². The van der Waals surface area contributed by atoms with Crippen molar-refractivity contribution in [2.75, 3.05) is 23.7 Å². The first-order chi connectivity index (χ1) is 16.2. The van der Waals surface area contributed by atoms with Gasteiger partial charge in [-0.1, -0.05) is 55.5 Å². The molecule has 1 atom stereocenters. The van der Waals surface area contributed by atoms with E-state index in [-0.39, 0.29) is 12.5 Å². The van der Waals surface area contributed by atoms with Crippen LogP contribution in [0.25, 0.3) is 0 Å². The van der Waals surface area contributed by atoms with Crippen LogP contribution in [-0.4, -0.2) is 56.1 Å².